The first-order chi connectivity index (χ1) is 13.4. The summed E-state index contributed by atoms with van der Waals surface area (Å²) in [4.78, 5) is 24.0. The summed E-state index contributed by atoms with van der Waals surface area (Å²) in [6.07, 6.45) is 6.49. The lowest BCUT2D eigenvalue weighted by atomic mass is 9.92. The molecule has 0 fully saturated rings. The molecular formula is C21H30ClN3O3. The van der Waals surface area contributed by atoms with Crippen molar-refractivity contribution in [1.82, 2.24) is 10.6 Å². The van der Waals surface area contributed by atoms with Gasteiger partial charge in [0.05, 0.1) is 24.8 Å². The Labute approximate surface area is 172 Å². The Bertz CT molecular complexity index is 674. The molecule has 154 valence electrons. The zero-order valence-electron chi connectivity index (χ0n) is 16.7. The van der Waals surface area contributed by atoms with E-state index in [1.54, 1.807) is 24.3 Å². The van der Waals surface area contributed by atoms with Gasteiger partial charge in [0.2, 0.25) is 11.8 Å². The van der Waals surface area contributed by atoms with Crippen LogP contribution in [0, 0.1) is 0 Å². The van der Waals surface area contributed by atoms with Crippen molar-refractivity contribution in [3.63, 3.8) is 0 Å². The molecule has 1 aromatic rings. The second-order valence-corrected chi connectivity index (χ2v) is 7.41. The Morgan fingerprint density at radius 2 is 1.89 bits per heavy atom. The maximum absolute atomic E-state index is 12.3. The third-order valence-electron chi connectivity index (χ3n) is 4.79. The molecule has 3 N–H and O–H groups in total. The number of amides is 2. The highest BCUT2D eigenvalue weighted by Crippen LogP contribution is 2.20. The number of benzene rings is 1. The van der Waals surface area contributed by atoms with E-state index in [0.717, 1.165) is 12.8 Å². The molecule has 0 saturated carbocycles. The average Bonchev–Trinajstić information content (AvgIpc) is 2.67. The quantitative estimate of drug-likeness (QED) is 0.549. The Morgan fingerprint density at radius 3 is 2.50 bits per heavy atom. The predicted molar refractivity (Wildman–Crippen MR) is 112 cm³/mol. The molecule has 1 aromatic carbocycles. The normalized spacial score (nSPS) is 21.5. The first kappa shape index (κ1) is 22.4. The number of hydrogen-bond donors (Lipinski definition) is 3. The summed E-state index contributed by atoms with van der Waals surface area (Å²) in [6, 6.07) is 6.63. The molecule has 0 bridgehead atoms. The summed E-state index contributed by atoms with van der Waals surface area (Å²) >= 11 is 5.86. The number of hydrogen-bond acceptors (Lipinski definition) is 4. The van der Waals surface area contributed by atoms with Crippen molar-refractivity contribution in [2.45, 2.75) is 64.3 Å². The number of ether oxygens (including phenoxy) is 1. The Morgan fingerprint density at radius 1 is 1.21 bits per heavy atom. The molecule has 3 atom stereocenters. The van der Waals surface area contributed by atoms with Crippen LogP contribution in [0.2, 0.25) is 5.02 Å². The van der Waals surface area contributed by atoms with E-state index in [1.165, 1.54) is 6.92 Å². The van der Waals surface area contributed by atoms with Gasteiger partial charge in [0.15, 0.2) is 0 Å². The molecule has 1 aliphatic carbocycles. The van der Waals surface area contributed by atoms with Crippen LogP contribution in [0.4, 0.5) is 5.69 Å². The predicted octanol–water partition coefficient (Wildman–Crippen LogP) is 3.28. The van der Waals surface area contributed by atoms with E-state index in [-0.39, 0.29) is 42.7 Å². The molecule has 7 heteroatoms. The van der Waals surface area contributed by atoms with Crippen molar-refractivity contribution in [2.24, 2.45) is 0 Å². The largest absolute Gasteiger partial charge is 0.369 e. The molecule has 28 heavy (non-hydrogen) atoms. The fourth-order valence-electron chi connectivity index (χ4n) is 3.28. The molecule has 0 heterocycles. The van der Waals surface area contributed by atoms with Crippen LogP contribution in [0.1, 0.15) is 40.0 Å². The van der Waals surface area contributed by atoms with Crippen molar-refractivity contribution >= 4 is 29.1 Å². The molecule has 6 nitrogen and oxygen atoms in total. The minimum Gasteiger partial charge on any atom is -0.369 e. The molecule has 0 saturated heterocycles. The summed E-state index contributed by atoms with van der Waals surface area (Å²) in [5, 5.41) is 9.70. The minimum atomic E-state index is -0.230. The van der Waals surface area contributed by atoms with E-state index in [0.29, 0.717) is 17.1 Å². The second kappa shape index (κ2) is 11.2. The van der Waals surface area contributed by atoms with Crippen LogP contribution in [-0.4, -0.2) is 42.7 Å². The zero-order chi connectivity index (χ0) is 20.5. The van der Waals surface area contributed by atoms with Gasteiger partial charge in [0, 0.05) is 23.7 Å². The van der Waals surface area contributed by atoms with Gasteiger partial charge in [0.25, 0.3) is 0 Å². The average molecular weight is 408 g/mol. The maximum atomic E-state index is 12.3. The van der Waals surface area contributed by atoms with Gasteiger partial charge in [-0.1, -0.05) is 37.6 Å². The van der Waals surface area contributed by atoms with Gasteiger partial charge in [-0.05, 0) is 43.5 Å². The molecule has 0 aromatic heterocycles. The van der Waals surface area contributed by atoms with E-state index in [1.807, 2.05) is 12.2 Å². The van der Waals surface area contributed by atoms with Crippen LogP contribution in [0.25, 0.3) is 0 Å². The fraction of sp³-hybridized carbons (Fsp3) is 0.524. The topological polar surface area (TPSA) is 79.5 Å². The monoisotopic (exact) mass is 407 g/mol. The van der Waals surface area contributed by atoms with Crippen LogP contribution >= 0.6 is 11.6 Å². The number of carbonyl (C=O) groups excluding carboxylic acids is 2. The first-order valence-electron chi connectivity index (χ1n) is 9.80. The highest BCUT2D eigenvalue weighted by Gasteiger charge is 2.33. The van der Waals surface area contributed by atoms with Crippen molar-refractivity contribution in [1.29, 1.82) is 0 Å². The molecule has 2 rings (SSSR count). The number of anilines is 1. The first-order valence-corrected chi connectivity index (χ1v) is 10.2. The molecule has 0 aliphatic heterocycles. The van der Waals surface area contributed by atoms with Gasteiger partial charge in [-0.3, -0.25) is 9.59 Å². The summed E-state index contributed by atoms with van der Waals surface area (Å²) in [6.45, 7) is 5.81. The smallest absolute Gasteiger partial charge is 0.238 e. The standard InChI is InChI=1S/C21H30ClN3O3/c1-4-17(5-2)28-19-8-6-7-18(21(19)24-14(3)26)23-13-20(27)25-16-11-9-15(22)10-12-16/h6,8-12,17-19,21,23H,4-5,7,13H2,1-3H3,(H,24,26)(H,25,27)/t18-,19+,21+/m0/s1. The molecule has 1 aliphatic rings. The van der Waals surface area contributed by atoms with Gasteiger partial charge in [0.1, 0.15) is 0 Å². The molecular weight excluding hydrogens is 378 g/mol. The second-order valence-electron chi connectivity index (χ2n) is 6.97. The van der Waals surface area contributed by atoms with E-state index < -0.39 is 0 Å². The van der Waals surface area contributed by atoms with Crippen molar-refractivity contribution < 1.29 is 14.3 Å². The van der Waals surface area contributed by atoms with Gasteiger partial charge in [-0.2, -0.15) is 0 Å². The van der Waals surface area contributed by atoms with Gasteiger partial charge in [-0.25, -0.2) is 0 Å². The summed E-state index contributed by atoms with van der Waals surface area (Å²) in [7, 11) is 0. The van der Waals surface area contributed by atoms with Crippen LogP contribution in [-0.2, 0) is 14.3 Å². The van der Waals surface area contributed by atoms with E-state index in [9.17, 15) is 9.59 Å². The third-order valence-corrected chi connectivity index (χ3v) is 5.04. The zero-order valence-corrected chi connectivity index (χ0v) is 17.5. The van der Waals surface area contributed by atoms with Crippen LogP contribution < -0.4 is 16.0 Å². The third kappa shape index (κ3) is 6.93. The Kier molecular flexibility index (Phi) is 8.96. The number of rotatable bonds is 9. The molecule has 0 spiro atoms. The van der Waals surface area contributed by atoms with Crippen molar-refractivity contribution in [2.75, 3.05) is 11.9 Å². The SMILES string of the molecule is CCC(CC)O[C@@H]1C=CC[C@H](NCC(=O)Nc2ccc(Cl)cc2)[C@H]1NC(C)=O. The molecule has 2 amide bonds. The Hall–Kier alpha value is -1.89. The number of carbonyl (C=O) groups is 2. The lowest BCUT2D eigenvalue weighted by Crippen LogP contribution is -2.58. The summed E-state index contributed by atoms with van der Waals surface area (Å²) in [5.41, 5.74) is 0.688. The van der Waals surface area contributed by atoms with Gasteiger partial charge >= 0.3 is 0 Å². The van der Waals surface area contributed by atoms with E-state index >= 15 is 0 Å². The van der Waals surface area contributed by atoms with E-state index in [2.05, 4.69) is 29.8 Å². The van der Waals surface area contributed by atoms with Gasteiger partial charge in [-0.15, -0.1) is 0 Å². The fourth-order valence-corrected chi connectivity index (χ4v) is 3.40. The number of nitrogens with one attached hydrogen (secondary N) is 3. The summed E-state index contributed by atoms with van der Waals surface area (Å²) in [5.74, 6) is -0.272. The lowest BCUT2D eigenvalue weighted by molar-refractivity contribution is -0.121. The molecule has 0 unspecified atom stereocenters. The highest BCUT2D eigenvalue weighted by molar-refractivity contribution is 6.30. The van der Waals surface area contributed by atoms with Crippen molar-refractivity contribution in [3.05, 3.63) is 41.4 Å². The van der Waals surface area contributed by atoms with Crippen LogP contribution in [0.15, 0.2) is 36.4 Å². The number of halogens is 1. The molecule has 0 radical (unpaired) electrons. The summed E-state index contributed by atoms with van der Waals surface area (Å²) < 4.78 is 6.19. The van der Waals surface area contributed by atoms with E-state index in [4.69, 9.17) is 16.3 Å². The highest BCUT2D eigenvalue weighted by atomic mass is 35.5. The van der Waals surface area contributed by atoms with Crippen molar-refractivity contribution in [3.8, 4) is 0 Å². The Balaban J connectivity index is 1.97. The minimum absolute atomic E-state index is 0.0933. The lowest BCUT2D eigenvalue weighted by Gasteiger charge is -2.37. The maximum Gasteiger partial charge on any atom is 0.238 e. The van der Waals surface area contributed by atoms with Crippen LogP contribution in [0.5, 0.6) is 0 Å². The van der Waals surface area contributed by atoms with Gasteiger partial charge < -0.3 is 20.7 Å². The van der Waals surface area contributed by atoms with Crippen LogP contribution in [0.3, 0.4) is 0 Å².